The molecule has 140 valence electrons. The summed E-state index contributed by atoms with van der Waals surface area (Å²) < 4.78 is 30.2. The molecule has 0 atom stereocenters. The molecule has 0 saturated carbocycles. The van der Waals surface area contributed by atoms with E-state index in [1.807, 2.05) is 0 Å². The molecule has 0 aliphatic rings. The Morgan fingerprint density at radius 3 is 2.52 bits per heavy atom. The predicted octanol–water partition coefficient (Wildman–Crippen LogP) is 1.20. The number of nitrogens with zero attached hydrogens (tertiary/aromatic N) is 3. The van der Waals surface area contributed by atoms with Crippen molar-refractivity contribution in [1.82, 2.24) is 15.0 Å². The van der Waals surface area contributed by atoms with Crippen LogP contribution in [0.2, 0.25) is 0 Å². The van der Waals surface area contributed by atoms with Crippen LogP contribution in [0.5, 0.6) is 0 Å². The molecular formula is C18H17N3O5S. The van der Waals surface area contributed by atoms with Crippen LogP contribution in [0.1, 0.15) is 6.42 Å². The molecule has 0 aliphatic carbocycles. The summed E-state index contributed by atoms with van der Waals surface area (Å²) in [4.78, 5) is 24.4. The highest BCUT2D eigenvalue weighted by atomic mass is 32.2. The molecule has 0 unspecified atom stereocenters. The van der Waals surface area contributed by atoms with Gasteiger partial charge in [0, 0.05) is 0 Å². The number of fused-ring (bicyclic) bond motifs is 1. The number of ether oxygens (including phenoxy) is 1. The highest BCUT2D eigenvalue weighted by Crippen LogP contribution is 2.11. The fourth-order valence-corrected chi connectivity index (χ4v) is 3.78. The molecule has 0 N–H and O–H groups in total. The number of hydrogen-bond donors (Lipinski definition) is 0. The number of carbonyl (C=O) groups is 1. The third kappa shape index (κ3) is 4.56. The van der Waals surface area contributed by atoms with E-state index >= 15 is 0 Å². The number of sulfone groups is 1. The first-order valence-electron chi connectivity index (χ1n) is 8.23. The van der Waals surface area contributed by atoms with E-state index in [0.717, 1.165) is 4.68 Å². The van der Waals surface area contributed by atoms with Gasteiger partial charge in [0.15, 0.2) is 9.84 Å². The predicted molar refractivity (Wildman–Crippen MR) is 97.9 cm³/mol. The van der Waals surface area contributed by atoms with Crippen LogP contribution in [-0.4, -0.2) is 41.7 Å². The smallest absolute Gasteiger partial charge is 0.327 e. The van der Waals surface area contributed by atoms with Gasteiger partial charge < -0.3 is 4.74 Å². The van der Waals surface area contributed by atoms with Crippen LogP contribution in [0.25, 0.3) is 10.9 Å². The van der Waals surface area contributed by atoms with Gasteiger partial charge in [-0.3, -0.25) is 9.59 Å². The number of aromatic nitrogens is 3. The minimum Gasteiger partial charge on any atom is -0.464 e. The van der Waals surface area contributed by atoms with Gasteiger partial charge in [0.05, 0.1) is 22.6 Å². The van der Waals surface area contributed by atoms with Crippen molar-refractivity contribution in [2.24, 2.45) is 0 Å². The summed E-state index contributed by atoms with van der Waals surface area (Å²) in [5.41, 5.74) is 0.00226. The lowest BCUT2D eigenvalue weighted by Crippen LogP contribution is -2.29. The number of esters is 1. The minimum absolute atomic E-state index is 0.0688. The molecule has 8 nitrogen and oxygen atoms in total. The molecule has 0 spiro atoms. The van der Waals surface area contributed by atoms with Crippen LogP contribution in [0.4, 0.5) is 0 Å². The minimum atomic E-state index is -3.42. The number of carbonyl (C=O) groups excluding carboxylic acids is 1. The van der Waals surface area contributed by atoms with Crippen molar-refractivity contribution in [3.63, 3.8) is 0 Å². The lowest BCUT2D eigenvalue weighted by Gasteiger charge is -2.07. The van der Waals surface area contributed by atoms with Crippen LogP contribution in [0.15, 0.2) is 64.3 Å². The van der Waals surface area contributed by atoms with Crippen LogP contribution in [-0.2, 0) is 25.9 Å². The van der Waals surface area contributed by atoms with Crippen molar-refractivity contribution in [2.45, 2.75) is 17.9 Å². The second-order valence-electron chi connectivity index (χ2n) is 5.78. The number of benzene rings is 2. The van der Waals surface area contributed by atoms with Gasteiger partial charge in [-0.1, -0.05) is 35.5 Å². The summed E-state index contributed by atoms with van der Waals surface area (Å²) in [6, 6.07) is 14.8. The Morgan fingerprint density at radius 2 is 1.74 bits per heavy atom. The Morgan fingerprint density at radius 1 is 1.04 bits per heavy atom. The van der Waals surface area contributed by atoms with Gasteiger partial charge in [0.2, 0.25) is 0 Å². The van der Waals surface area contributed by atoms with Crippen molar-refractivity contribution in [2.75, 3.05) is 12.4 Å². The summed E-state index contributed by atoms with van der Waals surface area (Å²) in [6.07, 6.45) is 0.154. The van der Waals surface area contributed by atoms with E-state index in [4.69, 9.17) is 4.74 Å². The highest BCUT2D eigenvalue weighted by molar-refractivity contribution is 7.91. The monoisotopic (exact) mass is 387 g/mol. The average Bonchev–Trinajstić information content (AvgIpc) is 2.68. The Balaban J connectivity index is 1.53. The van der Waals surface area contributed by atoms with Gasteiger partial charge in [-0.15, -0.1) is 5.10 Å². The summed E-state index contributed by atoms with van der Waals surface area (Å²) in [5, 5.41) is 7.95. The lowest BCUT2D eigenvalue weighted by atomic mass is 10.2. The zero-order valence-corrected chi connectivity index (χ0v) is 15.1. The zero-order chi connectivity index (χ0) is 19.3. The second-order valence-corrected chi connectivity index (χ2v) is 7.88. The summed E-state index contributed by atoms with van der Waals surface area (Å²) in [6.45, 7) is -0.456. The fraction of sp³-hybridized carbons (Fsp3) is 0.222. The topological polar surface area (TPSA) is 108 Å². The van der Waals surface area contributed by atoms with Gasteiger partial charge in [-0.2, -0.15) is 4.68 Å². The largest absolute Gasteiger partial charge is 0.464 e. The van der Waals surface area contributed by atoms with E-state index in [-0.39, 0.29) is 30.2 Å². The third-order valence-corrected chi connectivity index (χ3v) is 5.65. The number of hydrogen-bond acceptors (Lipinski definition) is 7. The van der Waals surface area contributed by atoms with Crippen LogP contribution < -0.4 is 5.56 Å². The lowest BCUT2D eigenvalue weighted by molar-refractivity contribution is -0.144. The fourth-order valence-electron chi connectivity index (χ4n) is 2.48. The van der Waals surface area contributed by atoms with E-state index < -0.39 is 21.4 Å². The SMILES string of the molecule is O=C(Cn1nnc2ccccc2c1=O)OCCCS(=O)(=O)c1ccccc1. The van der Waals surface area contributed by atoms with E-state index in [9.17, 15) is 18.0 Å². The average molecular weight is 387 g/mol. The Bertz CT molecular complexity index is 1110. The van der Waals surface area contributed by atoms with Crippen molar-refractivity contribution >= 4 is 26.7 Å². The van der Waals surface area contributed by atoms with Crippen molar-refractivity contribution in [1.29, 1.82) is 0 Å². The standard InChI is InChI=1S/C18H17N3O5S/c22-17(13-21-18(23)15-9-4-5-10-16(15)19-20-21)26-11-6-12-27(24,25)14-7-2-1-3-8-14/h1-5,7-10H,6,11-13H2. The molecule has 0 aliphatic heterocycles. The molecule has 1 aromatic heterocycles. The van der Waals surface area contributed by atoms with Crippen molar-refractivity contribution in [3.8, 4) is 0 Å². The summed E-state index contributed by atoms with van der Waals surface area (Å²) in [5.74, 6) is -0.821. The van der Waals surface area contributed by atoms with Gasteiger partial charge in [-0.05, 0) is 30.7 Å². The third-order valence-electron chi connectivity index (χ3n) is 3.83. The molecule has 0 bridgehead atoms. The molecule has 0 radical (unpaired) electrons. The maximum absolute atomic E-state index is 12.3. The molecule has 0 saturated heterocycles. The van der Waals surface area contributed by atoms with Gasteiger partial charge >= 0.3 is 5.97 Å². The molecular weight excluding hydrogens is 370 g/mol. The molecule has 3 rings (SSSR count). The Hall–Kier alpha value is -3.07. The van der Waals surface area contributed by atoms with Crippen molar-refractivity contribution in [3.05, 3.63) is 65.0 Å². The molecule has 1 heterocycles. The molecule has 9 heteroatoms. The quantitative estimate of drug-likeness (QED) is 0.443. The molecule has 0 amide bonds. The second kappa shape index (κ2) is 8.09. The summed E-state index contributed by atoms with van der Waals surface area (Å²) >= 11 is 0. The van der Waals surface area contributed by atoms with Crippen LogP contribution in [0.3, 0.4) is 0 Å². The van der Waals surface area contributed by atoms with Crippen LogP contribution in [0, 0.1) is 0 Å². The van der Waals surface area contributed by atoms with Gasteiger partial charge in [-0.25, -0.2) is 8.42 Å². The van der Waals surface area contributed by atoms with Crippen LogP contribution >= 0.6 is 0 Å². The first-order valence-corrected chi connectivity index (χ1v) is 9.88. The van der Waals surface area contributed by atoms with E-state index in [0.29, 0.717) is 10.9 Å². The normalized spacial score (nSPS) is 11.4. The first kappa shape index (κ1) is 18.7. The molecule has 27 heavy (non-hydrogen) atoms. The molecule has 3 aromatic rings. The maximum Gasteiger partial charge on any atom is 0.327 e. The van der Waals surface area contributed by atoms with Crippen molar-refractivity contribution < 1.29 is 17.9 Å². The van der Waals surface area contributed by atoms with Gasteiger partial charge in [0.25, 0.3) is 5.56 Å². The maximum atomic E-state index is 12.3. The van der Waals surface area contributed by atoms with Gasteiger partial charge in [0.1, 0.15) is 12.1 Å². The van der Waals surface area contributed by atoms with E-state index in [1.165, 1.54) is 12.1 Å². The van der Waals surface area contributed by atoms with E-state index in [1.54, 1.807) is 42.5 Å². The molecule has 0 fully saturated rings. The Labute approximate surface area is 155 Å². The number of rotatable bonds is 7. The zero-order valence-electron chi connectivity index (χ0n) is 14.3. The molecule has 2 aromatic carbocycles. The highest BCUT2D eigenvalue weighted by Gasteiger charge is 2.14. The van der Waals surface area contributed by atoms with E-state index in [2.05, 4.69) is 10.3 Å². The first-order chi connectivity index (χ1) is 13.0. The Kier molecular flexibility index (Phi) is 5.60. The summed E-state index contributed by atoms with van der Waals surface area (Å²) in [7, 11) is -3.42.